The molecule has 1 heterocycles. The van der Waals surface area contributed by atoms with E-state index in [2.05, 4.69) is 0 Å². The standard InChI is InChI=1S/C53H72N8O9/c1-36(62)55(5)30-22-21-29-43(53(69)70-12)58(8)51(67)46(33-40-35-56(6)42-28-20-19-27-41(40)42)61(11)50(66)45(32-39-25-17-14-18-26-39)59(9)49(65)44(31-38-23-15-13-16-24-38)60(10)52(68)47(57(7)37(2)63)34-48(64)54(3)4/h13-20,23-28,35,43-47H,21-22,29-34H2,1-12H3/t43-,44-,45-,46-,47-/m0/s1. The number of hydrogen-bond acceptors (Lipinski definition) is 9. The van der Waals surface area contributed by atoms with Gasteiger partial charge in [0.25, 0.3) is 0 Å². The van der Waals surface area contributed by atoms with E-state index in [1.165, 1.54) is 85.6 Å². The van der Waals surface area contributed by atoms with Crippen molar-refractivity contribution in [2.75, 3.05) is 70.0 Å². The van der Waals surface area contributed by atoms with E-state index >= 15 is 14.4 Å². The molecule has 70 heavy (non-hydrogen) atoms. The predicted molar refractivity (Wildman–Crippen MR) is 268 cm³/mol. The third-order valence-corrected chi connectivity index (χ3v) is 13.4. The van der Waals surface area contributed by atoms with E-state index < -0.39 is 71.6 Å². The van der Waals surface area contributed by atoms with Crippen molar-refractivity contribution in [1.29, 1.82) is 0 Å². The molecule has 3 aromatic carbocycles. The lowest BCUT2D eigenvalue weighted by Gasteiger charge is -2.39. The van der Waals surface area contributed by atoms with E-state index in [1.54, 1.807) is 26.0 Å². The zero-order chi connectivity index (χ0) is 52.0. The molecule has 7 amide bonds. The van der Waals surface area contributed by atoms with Crippen LogP contribution in [0.5, 0.6) is 0 Å². The SMILES string of the molecule is COC(=O)[C@H](CCCCN(C)C(C)=O)N(C)C(=O)[C@H](Cc1cn(C)c2ccccc12)N(C)C(=O)[C@H](Cc1ccccc1)N(C)C(=O)[C@H](Cc1ccccc1)N(C)C(=O)[C@H](CC(=O)N(C)C)N(C)C(C)=O. The second-order valence-electron chi connectivity index (χ2n) is 18.3. The highest BCUT2D eigenvalue weighted by Gasteiger charge is 2.42. The van der Waals surface area contributed by atoms with E-state index in [4.69, 9.17) is 4.74 Å². The highest BCUT2D eigenvalue weighted by molar-refractivity contribution is 5.97. The molecule has 0 spiro atoms. The minimum absolute atomic E-state index is 0.0272. The van der Waals surface area contributed by atoms with Crippen LogP contribution in [0.25, 0.3) is 10.9 Å². The molecule has 378 valence electrons. The predicted octanol–water partition coefficient (Wildman–Crippen LogP) is 3.66. The number of aryl methyl sites for hydroxylation is 1. The molecule has 0 radical (unpaired) electrons. The maximum Gasteiger partial charge on any atom is 0.328 e. The average molecular weight is 965 g/mol. The Morgan fingerprint density at radius 2 is 0.971 bits per heavy atom. The molecule has 0 saturated heterocycles. The number of methoxy groups -OCH3 is 1. The lowest BCUT2D eigenvalue weighted by molar-refractivity contribution is -0.157. The van der Waals surface area contributed by atoms with Crippen molar-refractivity contribution >= 4 is 58.2 Å². The summed E-state index contributed by atoms with van der Waals surface area (Å²) in [5.74, 6) is -3.93. The number of rotatable bonds is 23. The van der Waals surface area contributed by atoms with E-state index in [1.807, 2.05) is 103 Å². The lowest BCUT2D eigenvalue weighted by Crippen LogP contribution is -2.61. The van der Waals surface area contributed by atoms with Crippen molar-refractivity contribution in [3.05, 3.63) is 108 Å². The Balaban J connectivity index is 1.82. The summed E-state index contributed by atoms with van der Waals surface area (Å²) in [5, 5.41) is 0.871. The summed E-state index contributed by atoms with van der Waals surface area (Å²) in [6.45, 7) is 3.22. The molecule has 4 aromatic rings. The number of carbonyl (C=O) groups excluding carboxylic acids is 8. The molecular weight excluding hydrogens is 893 g/mol. The number of unbranched alkanes of at least 4 members (excludes halogenated alkanes) is 1. The average Bonchev–Trinajstić information content (AvgIpc) is 3.67. The van der Waals surface area contributed by atoms with Gasteiger partial charge >= 0.3 is 5.97 Å². The Bertz CT molecular complexity index is 2460. The first kappa shape index (κ1) is 55.6. The quantitative estimate of drug-likeness (QED) is 0.0795. The van der Waals surface area contributed by atoms with Crippen LogP contribution in [0, 0.1) is 0 Å². The van der Waals surface area contributed by atoms with Crippen LogP contribution in [0.15, 0.2) is 91.1 Å². The zero-order valence-electron chi connectivity index (χ0n) is 43.0. The van der Waals surface area contributed by atoms with Gasteiger partial charge in [-0.1, -0.05) is 78.9 Å². The summed E-state index contributed by atoms with van der Waals surface area (Å²) in [6.07, 6.45) is 2.97. The Morgan fingerprint density at radius 3 is 1.43 bits per heavy atom. The molecule has 5 atom stereocenters. The second kappa shape index (κ2) is 25.5. The van der Waals surface area contributed by atoms with Crippen LogP contribution in [0.4, 0.5) is 0 Å². The van der Waals surface area contributed by atoms with Crippen LogP contribution in [0.1, 0.15) is 56.2 Å². The number of hydrogen-bond donors (Lipinski definition) is 0. The van der Waals surface area contributed by atoms with Crippen molar-refractivity contribution in [2.24, 2.45) is 7.05 Å². The Kier molecular flexibility index (Phi) is 20.3. The molecule has 0 aliphatic carbocycles. The zero-order valence-corrected chi connectivity index (χ0v) is 43.0. The van der Waals surface area contributed by atoms with Gasteiger partial charge < -0.3 is 43.6 Å². The van der Waals surface area contributed by atoms with Crippen LogP contribution in [0.2, 0.25) is 0 Å². The van der Waals surface area contributed by atoms with E-state index in [-0.39, 0.29) is 38.0 Å². The number of para-hydroxylation sites is 1. The number of likely N-dealkylation sites (N-methyl/N-ethyl adjacent to an activating group) is 5. The van der Waals surface area contributed by atoms with Gasteiger partial charge in [0.1, 0.15) is 30.2 Å². The molecular formula is C53H72N8O9. The van der Waals surface area contributed by atoms with E-state index in [0.29, 0.717) is 24.9 Å². The number of amides is 7. The fourth-order valence-corrected chi connectivity index (χ4v) is 8.60. The van der Waals surface area contributed by atoms with Crippen LogP contribution in [-0.2, 0) is 69.4 Å². The molecule has 4 rings (SSSR count). The molecule has 0 aliphatic heterocycles. The molecule has 0 unspecified atom stereocenters. The highest BCUT2D eigenvalue weighted by Crippen LogP contribution is 2.26. The van der Waals surface area contributed by atoms with Crippen LogP contribution in [0.3, 0.4) is 0 Å². The molecule has 0 aliphatic rings. The number of ether oxygens (including phenoxy) is 1. The summed E-state index contributed by atoms with van der Waals surface area (Å²) in [4.78, 5) is 121. The molecule has 0 fully saturated rings. The highest BCUT2D eigenvalue weighted by atomic mass is 16.5. The first-order valence-electron chi connectivity index (χ1n) is 23.5. The minimum atomic E-state index is -1.24. The number of fused-ring (bicyclic) bond motifs is 1. The van der Waals surface area contributed by atoms with Gasteiger partial charge in [0, 0.05) is 120 Å². The number of benzene rings is 3. The van der Waals surface area contributed by atoms with Gasteiger partial charge in [0.15, 0.2) is 0 Å². The van der Waals surface area contributed by atoms with Crippen molar-refractivity contribution in [2.45, 2.75) is 89.0 Å². The molecule has 1 aromatic heterocycles. The maximum absolute atomic E-state index is 15.5. The second-order valence-corrected chi connectivity index (χ2v) is 18.3. The summed E-state index contributed by atoms with van der Waals surface area (Å²) < 4.78 is 7.15. The van der Waals surface area contributed by atoms with Gasteiger partial charge in [0.2, 0.25) is 41.4 Å². The summed E-state index contributed by atoms with van der Waals surface area (Å²) in [6, 6.07) is 20.0. The Morgan fingerprint density at radius 1 is 0.529 bits per heavy atom. The lowest BCUT2D eigenvalue weighted by atomic mass is 9.97. The Hall–Kier alpha value is -7.04. The number of nitrogens with zero attached hydrogens (tertiary/aromatic N) is 8. The fraction of sp³-hybridized carbons (Fsp3) is 0.472. The van der Waals surface area contributed by atoms with Crippen molar-refractivity contribution in [3.8, 4) is 0 Å². The number of carbonyl (C=O) groups is 8. The van der Waals surface area contributed by atoms with Gasteiger partial charge in [-0.25, -0.2) is 4.79 Å². The third kappa shape index (κ3) is 14.0. The van der Waals surface area contributed by atoms with Crippen LogP contribution in [-0.4, -0.2) is 186 Å². The van der Waals surface area contributed by atoms with E-state index in [0.717, 1.165) is 22.0 Å². The van der Waals surface area contributed by atoms with Gasteiger partial charge in [0.05, 0.1) is 13.5 Å². The summed E-state index contributed by atoms with van der Waals surface area (Å²) in [5.41, 5.74) is 3.12. The first-order chi connectivity index (χ1) is 33.1. The Labute approximate surface area is 412 Å². The largest absolute Gasteiger partial charge is 0.467 e. The van der Waals surface area contributed by atoms with Gasteiger partial charge in [-0.2, -0.15) is 0 Å². The van der Waals surface area contributed by atoms with Crippen molar-refractivity contribution in [1.82, 2.24) is 38.9 Å². The minimum Gasteiger partial charge on any atom is -0.467 e. The molecule has 17 nitrogen and oxygen atoms in total. The number of aromatic nitrogens is 1. The van der Waals surface area contributed by atoms with Gasteiger partial charge in [-0.3, -0.25) is 33.6 Å². The van der Waals surface area contributed by atoms with Gasteiger partial charge in [-0.05, 0) is 42.0 Å². The fourth-order valence-electron chi connectivity index (χ4n) is 8.60. The summed E-state index contributed by atoms with van der Waals surface area (Å²) in [7, 11) is 15.4. The van der Waals surface area contributed by atoms with E-state index in [9.17, 15) is 24.0 Å². The molecule has 0 saturated carbocycles. The van der Waals surface area contributed by atoms with Gasteiger partial charge in [-0.15, -0.1) is 0 Å². The first-order valence-corrected chi connectivity index (χ1v) is 23.5. The number of esters is 1. The molecule has 0 N–H and O–H groups in total. The summed E-state index contributed by atoms with van der Waals surface area (Å²) >= 11 is 0. The normalized spacial score (nSPS) is 13.2. The molecule has 17 heteroatoms. The monoisotopic (exact) mass is 965 g/mol. The van der Waals surface area contributed by atoms with Crippen LogP contribution < -0.4 is 0 Å². The maximum atomic E-state index is 15.5. The van der Waals surface area contributed by atoms with Crippen LogP contribution >= 0.6 is 0 Å². The third-order valence-electron chi connectivity index (χ3n) is 13.4. The van der Waals surface area contributed by atoms with Crippen molar-refractivity contribution in [3.63, 3.8) is 0 Å². The smallest absolute Gasteiger partial charge is 0.328 e. The topological polar surface area (TPSA) is 173 Å². The van der Waals surface area contributed by atoms with Crippen molar-refractivity contribution < 1.29 is 43.1 Å². The molecule has 0 bridgehead atoms.